The summed E-state index contributed by atoms with van der Waals surface area (Å²) in [5.41, 5.74) is 6.24. The molecule has 0 saturated heterocycles. The lowest BCUT2D eigenvalue weighted by Gasteiger charge is -2.31. The summed E-state index contributed by atoms with van der Waals surface area (Å²) in [6.07, 6.45) is 5.55. The van der Waals surface area contributed by atoms with Gasteiger partial charge in [-0.25, -0.2) is 4.98 Å². The van der Waals surface area contributed by atoms with Gasteiger partial charge >= 0.3 is 0 Å². The van der Waals surface area contributed by atoms with Crippen LogP contribution < -0.4 is 16.6 Å². The molecule has 0 radical (unpaired) electrons. The molecule has 0 bridgehead atoms. The van der Waals surface area contributed by atoms with Crippen molar-refractivity contribution in [3.63, 3.8) is 0 Å². The molecular weight excluding hydrogens is 384 g/mol. The van der Waals surface area contributed by atoms with E-state index in [0.29, 0.717) is 21.6 Å². The maximum absolute atomic E-state index is 13.0. The third kappa shape index (κ3) is 3.91. The molecule has 150 valence electrons. The lowest BCUT2D eigenvalue weighted by Crippen LogP contribution is -2.52. The molecule has 2 aromatic heterocycles. The van der Waals surface area contributed by atoms with Gasteiger partial charge in [-0.05, 0) is 38.2 Å². The molecule has 3 heterocycles. The van der Waals surface area contributed by atoms with Crippen LogP contribution in [-0.2, 0) is 13.0 Å². The monoisotopic (exact) mass is 412 g/mol. The molecule has 1 aliphatic heterocycles. The fraction of sp³-hybridized carbons (Fsp3) is 0.632. The van der Waals surface area contributed by atoms with Crippen molar-refractivity contribution in [1.82, 2.24) is 14.9 Å². The van der Waals surface area contributed by atoms with Crippen molar-refractivity contribution in [2.45, 2.75) is 71.4 Å². The highest BCUT2D eigenvalue weighted by molar-refractivity contribution is 7.20. The number of thiophene rings is 1. The average molecular weight is 413 g/mol. The van der Waals surface area contributed by atoms with Crippen LogP contribution in [0.25, 0.3) is 10.2 Å². The van der Waals surface area contributed by atoms with E-state index < -0.39 is 5.54 Å². The largest absolute Gasteiger partial charge is 0.345 e. The highest BCUT2D eigenvalue weighted by Crippen LogP contribution is 2.29. The van der Waals surface area contributed by atoms with Crippen LogP contribution in [0.5, 0.6) is 0 Å². The molecule has 1 aliphatic rings. The minimum absolute atomic E-state index is 0. The van der Waals surface area contributed by atoms with Gasteiger partial charge in [-0.2, -0.15) is 0 Å². The van der Waals surface area contributed by atoms with E-state index in [0.717, 1.165) is 56.5 Å². The number of halogens is 1. The van der Waals surface area contributed by atoms with E-state index in [-0.39, 0.29) is 23.9 Å². The molecule has 1 amide bonds. The second kappa shape index (κ2) is 8.71. The summed E-state index contributed by atoms with van der Waals surface area (Å²) in [5.74, 6) is 0.700. The molecule has 8 heteroatoms. The predicted octanol–water partition coefficient (Wildman–Crippen LogP) is 3.16. The zero-order valence-corrected chi connectivity index (χ0v) is 17.9. The Morgan fingerprint density at radius 2 is 2.00 bits per heavy atom. The molecule has 0 unspecified atom stereocenters. The summed E-state index contributed by atoms with van der Waals surface area (Å²) in [4.78, 5) is 31.9. The number of carbonyl (C=O) groups excluding carboxylic acids is 1. The summed E-state index contributed by atoms with van der Waals surface area (Å²) in [6.45, 7) is 7.02. The van der Waals surface area contributed by atoms with Gasteiger partial charge in [0.2, 0.25) is 0 Å². The summed E-state index contributed by atoms with van der Waals surface area (Å²) < 4.78 is 1.80. The summed E-state index contributed by atoms with van der Waals surface area (Å²) in [7, 11) is 0. The van der Waals surface area contributed by atoms with Gasteiger partial charge < -0.3 is 11.1 Å². The molecule has 2 aromatic rings. The normalized spacial score (nSPS) is 14.4. The quantitative estimate of drug-likeness (QED) is 0.789. The number of fused-ring (bicyclic) bond motifs is 2. The molecule has 0 aromatic carbocycles. The van der Waals surface area contributed by atoms with Crippen LogP contribution in [0.15, 0.2) is 4.79 Å². The number of hydrogen-bond acceptors (Lipinski definition) is 5. The van der Waals surface area contributed by atoms with Crippen molar-refractivity contribution < 1.29 is 4.79 Å². The topological polar surface area (TPSA) is 90.0 Å². The first-order valence-electron chi connectivity index (χ1n) is 9.51. The number of aromatic nitrogens is 2. The van der Waals surface area contributed by atoms with Crippen molar-refractivity contribution in [1.29, 1.82) is 0 Å². The van der Waals surface area contributed by atoms with Gasteiger partial charge in [0.15, 0.2) is 0 Å². The second-order valence-electron chi connectivity index (χ2n) is 7.18. The summed E-state index contributed by atoms with van der Waals surface area (Å²) in [5, 5.41) is 3.70. The second-order valence-corrected chi connectivity index (χ2v) is 8.18. The van der Waals surface area contributed by atoms with Gasteiger partial charge in [0, 0.05) is 19.5 Å². The van der Waals surface area contributed by atoms with Gasteiger partial charge in [0.05, 0.1) is 15.8 Å². The Labute approximate surface area is 170 Å². The van der Waals surface area contributed by atoms with Crippen LogP contribution in [0.1, 0.15) is 67.0 Å². The molecule has 3 N–H and O–H groups in total. The van der Waals surface area contributed by atoms with Crippen molar-refractivity contribution in [3.05, 3.63) is 26.6 Å². The fourth-order valence-electron chi connectivity index (χ4n) is 3.69. The van der Waals surface area contributed by atoms with Crippen LogP contribution >= 0.6 is 23.7 Å². The zero-order chi connectivity index (χ0) is 18.9. The summed E-state index contributed by atoms with van der Waals surface area (Å²) in [6, 6.07) is 0. The smallest absolute Gasteiger partial charge is 0.262 e. The third-order valence-electron chi connectivity index (χ3n) is 5.74. The minimum atomic E-state index is -0.403. The third-order valence-corrected chi connectivity index (χ3v) is 6.93. The maximum Gasteiger partial charge on any atom is 0.262 e. The Hall–Kier alpha value is -1.44. The van der Waals surface area contributed by atoms with Gasteiger partial charge in [0.1, 0.15) is 10.7 Å². The first-order valence-corrected chi connectivity index (χ1v) is 10.3. The number of carbonyl (C=O) groups is 1. The van der Waals surface area contributed by atoms with Crippen LogP contribution in [0.2, 0.25) is 0 Å². The molecule has 0 spiro atoms. The zero-order valence-electron chi connectivity index (χ0n) is 16.3. The van der Waals surface area contributed by atoms with Crippen LogP contribution in [-0.4, -0.2) is 27.5 Å². The number of hydrogen-bond donors (Lipinski definition) is 2. The first kappa shape index (κ1) is 21.9. The maximum atomic E-state index is 13.0. The average Bonchev–Trinajstić information content (AvgIpc) is 2.82. The molecule has 27 heavy (non-hydrogen) atoms. The lowest BCUT2D eigenvalue weighted by molar-refractivity contribution is 0.0899. The van der Waals surface area contributed by atoms with Gasteiger partial charge in [-0.3, -0.25) is 14.2 Å². The van der Waals surface area contributed by atoms with Gasteiger partial charge in [-0.15, -0.1) is 23.7 Å². The Morgan fingerprint density at radius 3 is 2.63 bits per heavy atom. The molecule has 0 aliphatic carbocycles. The highest BCUT2D eigenvalue weighted by Gasteiger charge is 2.29. The van der Waals surface area contributed by atoms with Crippen molar-refractivity contribution >= 4 is 39.9 Å². The Kier molecular flexibility index (Phi) is 7.05. The Balaban J connectivity index is 0.00000261. The number of rotatable bonds is 5. The minimum Gasteiger partial charge on any atom is -0.345 e. The SMILES string of the molecule is CCC(CC)(CN)NC(=O)c1sc2nc3n(c(=O)c2c1C)CCCCC3.Cl. The van der Waals surface area contributed by atoms with E-state index in [9.17, 15) is 9.59 Å². The highest BCUT2D eigenvalue weighted by atomic mass is 35.5. The predicted molar refractivity (Wildman–Crippen MR) is 113 cm³/mol. The first-order chi connectivity index (χ1) is 12.5. The number of nitrogens with two attached hydrogens (primary N) is 1. The molecule has 0 atom stereocenters. The standard InChI is InChI=1S/C19H28N4O2S.ClH/c1-4-19(5-2,11-20)22-16(24)15-12(3)14-17(26-15)21-13-9-7-6-8-10-23(13)18(14)25;/h4-11,20H2,1-3H3,(H,22,24);1H. The van der Waals surface area contributed by atoms with Crippen LogP contribution in [0.4, 0.5) is 0 Å². The van der Waals surface area contributed by atoms with Crippen molar-refractivity contribution in [2.75, 3.05) is 6.54 Å². The molecule has 0 saturated carbocycles. The van der Waals surface area contributed by atoms with Crippen LogP contribution in [0, 0.1) is 6.92 Å². The lowest BCUT2D eigenvalue weighted by atomic mass is 9.93. The fourth-order valence-corrected chi connectivity index (χ4v) is 4.78. The van der Waals surface area contributed by atoms with Gasteiger partial charge in [0.25, 0.3) is 11.5 Å². The summed E-state index contributed by atoms with van der Waals surface area (Å²) >= 11 is 1.32. The van der Waals surface area contributed by atoms with E-state index in [1.165, 1.54) is 11.3 Å². The number of nitrogens with zero attached hydrogens (tertiary/aromatic N) is 2. The van der Waals surface area contributed by atoms with Crippen molar-refractivity contribution in [3.8, 4) is 0 Å². The molecule has 6 nitrogen and oxygen atoms in total. The van der Waals surface area contributed by atoms with Crippen molar-refractivity contribution in [2.24, 2.45) is 5.73 Å². The van der Waals surface area contributed by atoms with Gasteiger partial charge in [-0.1, -0.05) is 20.3 Å². The van der Waals surface area contributed by atoms with E-state index in [1.807, 2.05) is 20.8 Å². The van der Waals surface area contributed by atoms with E-state index in [4.69, 9.17) is 10.7 Å². The molecular formula is C19H29ClN4O2S. The van der Waals surface area contributed by atoms with E-state index in [2.05, 4.69) is 5.32 Å². The number of aryl methyl sites for hydroxylation is 2. The molecule has 3 rings (SSSR count). The van der Waals surface area contributed by atoms with E-state index >= 15 is 0 Å². The van der Waals surface area contributed by atoms with E-state index in [1.54, 1.807) is 4.57 Å². The number of amides is 1. The Morgan fingerprint density at radius 1 is 1.30 bits per heavy atom. The number of nitrogens with one attached hydrogen (secondary N) is 1. The Bertz CT molecular complexity index is 878. The molecule has 0 fully saturated rings. The van der Waals surface area contributed by atoms with Crippen LogP contribution in [0.3, 0.4) is 0 Å².